The Morgan fingerprint density at radius 3 is 2.71 bits per heavy atom. The van der Waals surface area contributed by atoms with E-state index in [4.69, 9.17) is 4.74 Å². The minimum atomic E-state index is -0.240. The first kappa shape index (κ1) is 17.8. The molecule has 0 fully saturated rings. The van der Waals surface area contributed by atoms with Gasteiger partial charge >= 0.3 is 6.03 Å². The molecule has 1 aromatic carbocycles. The Hall–Kier alpha value is -2.54. The maximum Gasteiger partial charge on any atom is 0.319 e. The van der Waals surface area contributed by atoms with Crippen molar-refractivity contribution in [2.45, 2.75) is 13.0 Å². The maximum absolute atomic E-state index is 12.1. The number of carbonyl (C=O) groups excluding carboxylic acids is 1. The fraction of sp³-hybridized carbons (Fsp3) is 0.412. The lowest BCUT2D eigenvalue weighted by Gasteiger charge is -2.23. The zero-order valence-corrected chi connectivity index (χ0v) is 14.8. The number of ether oxygens (including phenoxy) is 1. The number of amides is 2. The molecule has 2 amide bonds. The monoisotopic (exact) mass is 331 g/mol. The minimum Gasteiger partial charge on any atom is -0.496 e. The van der Waals surface area contributed by atoms with E-state index in [2.05, 4.69) is 20.6 Å². The Morgan fingerprint density at radius 1 is 1.42 bits per heavy atom. The number of carbonyl (C=O) groups is 1. The summed E-state index contributed by atoms with van der Waals surface area (Å²) in [5.41, 5.74) is 2.76. The van der Waals surface area contributed by atoms with Gasteiger partial charge in [0, 0.05) is 31.0 Å². The molecule has 0 saturated heterocycles. The summed E-state index contributed by atoms with van der Waals surface area (Å²) in [6, 6.07) is 5.35. The van der Waals surface area contributed by atoms with E-state index >= 15 is 0 Å². The molecule has 0 unspecified atom stereocenters. The first-order valence-electron chi connectivity index (χ1n) is 7.75. The van der Waals surface area contributed by atoms with Crippen LogP contribution >= 0.6 is 0 Å². The second-order valence-electron chi connectivity index (χ2n) is 5.95. The lowest BCUT2D eigenvalue weighted by Crippen LogP contribution is -2.36. The molecular weight excluding hydrogens is 306 g/mol. The number of anilines is 1. The topological polar surface area (TPSA) is 71.4 Å². The number of nitrogens with zero attached hydrogens (tertiary/aromatic N) is 3. The van der Waals surface area contributed by atoms with Crippen LogP contribution in [0.3, 0.4) is 0 Å². The summed E-state index contributed by atoms with van der Waals surface area (Å²) in [6.45, 7) is 2.42. The average molecular weight is 331 g/mol. The summed E-state index contributed by atoms with van der Waals surface area (Å²) in [5, 5.41) is 9.94. The number of methoxy groups -OCH3 is 1. The zero-order valence-electron chi connectivity index (χ0n) is 14.8. The van der Waals surface area contributed by atoms with E-state index in [-0.39, 0.29) is 12.1 Å². The average Bonchev–Trinajstić information content (AvgIpc) is 2.93. The smallest absolute Gasteiger partial charge is 0.319 e. The van der Waals surface area contributed by atoms with Crippen molar-refractivity contribution in [3.63, 3.8) is 0 Å². The molecule has 0 saturated carbocycles. The third-order valence-corrected chi connectivity index (χ3v) is 3.84. The number of nitrogens with one attached hydrogen (secondary N) is 2. The van der Waals surface area contributed by atoms with Gasteiger partial charge in [-0.15, -0.1) is 0 Å². The first-order valence-corrected chi connectivity index (χ1v) is 7.75. The molecule has 24 heavy (non-hydrogen) atoms. The molecule has 0 aliphatic carbocycles. The molecule has 2 rings (SSSR count). The molecule has 7 heteroatoms. The van der Waals surface area contributed by atoms with Crippen LogP contribution in [0.2, 0.25) is 0 Å². The largest absolute Gasteiger partial charge is 0.496 e. The number of urea groups is 1. The van der Waals surface area contributed by atoms with Crippen LogP contribution in [0.5, 0.6) is 5.75 Å². The van der Waals surface area contributed by atoms with Gasteiger partial charge in [0.1, 0.15) is 5.75 Å². The molecule has 7 nitrogen and oxygen atoms in total. The second kappa shape index (κ2) is 7.83. The summed E-state index contributed by atoms with van der Waals surface area (Å²) in [5.74, 6) is 0.796. The fourth-order valence-electron chi connectivity index (χ4n) is 2.53. The van der Waals surface area contributed by atoms with Crippen molar-refractivity contribution in [3.05, 3.63) is 41.7 Å². The van der Waals surface area contributed by atoms with E-state index in [0.29, 0.717) is 6.54 Å². The predicted molar refractivity (Wildman–Crippen MR) is 94.4 cm³/mol. The van der Waals surface area contributed by atoms with Crippen LogP contribution in [0.1, 0.15) is 17.2 Å². The number of likely N-dealkylation sites (N-methyl/N-ethyl adjacent to an activating group) is 1. The van der Waals surface area contributed by atoms with Gasteiger partial charge in [0.25, 0.3) is 0 Å². The van der Waals surface area contributed by atoms with Gasteiger partial charge < -0.3 is 20.3 Å². The highest BCUT2D eigenvalue weighted by Gasteiger charge is 2.17. The van der Waals surface area contributed by atoms with Gasteiger partial charge in [-0.3, -0.25) is 4.68 Å². The van der Waals surface area contributed by atoms with Crippen LogP contribution in [0.15, 0.2) is 30.6 Å². The zero-order chi connectivity index (χ0) is 17.7. The van der Waals surface area contributed by atoms with Crippen LogP contribution in [0.25, 0.3) is 0 Å². The molecule has 0 spiro atoms. The number of aryl methyl sites for hydroxylation is 2. The van der Waals surface area contributed by atoms with Gasteiger partial charge in [-0.2, -0.15) is 5.10 Å². The van der Waals surface area contributed by atoms with Crippen LogP contribution < -0.4 is 15.4 Å². The molecule has 2 aromatic rings. The van der Waals surface area contributed by atoms with Crippen molar-refractivity contribution in [1.29, 1.82) is 0 Å². The van der Waals surface area contributed by atoms with Crippen LogP contribution in [0.4, 0.5) is 10.5 Å². The summed E-state index contributed by atoms with van der Waals surface area (Å²) in [6.07, 6.45) is 3.77. The summed E-state index contributed by atoms with van der Waals surface area (Å²) < 4.78 is 6.98. The van der Waals surface area contributed by atoms with Gasteiger partial charge in [-0.25, -0.2) is 4.79 Å². The molecule has 0 aliphatic rings. The Morgan fingerprint density at radius 2 is 2.17 bits per heavy atom. The van der Waals surface area contributed by atoms with Gasteiger partial charge in [-0.1, -0.05) is 0 Å². The van der Waals surface area contributed by atoms with E-state index in [0.717, 1.165) is 22.6 Å². The third-order valence-electron chi connectivity index (χ3n) is 3.84. The molecule has 0 bridgehead atoms. The fourth-order valence-corrected chi connectivity index (χ4v) is 2.53. The summed E-state index contributed by atoms with van der Waals surface area (Å²) in [4.78, 5) is 14.2. The Kier molecular flexibility index (Phi) is 5.81. The highest BCUT2D eigenvalue weighted by atomic mass is 16.5. The number of rotatable bonds is 6. The van der Waals surface area contributed by atoms with Crippen molar-refractivity contribution >= 4 is 11.7 Å². The van der Waals surface area contributed by atoms with E-state index in [1.54, 1.807) is 11.8 Å². The Labute approximate surface area is 142 Å². The van der Waals surface area contributed by atoms with Crippen LogP contribution in [0, 0.1) is 6.92 Å². The van der Waals surface area contributed by atoms with E-state index in [1.807, 2.05) is 58.7 Å². The summed E-state index contributed by atoms with van der Waals surface area (Å²) in [7, 11) is 7.46. The van der Waals surface area contributed by atoms with E-state index < -0.39 is 0 Å². The SMILES string of the molecule is COc1ccc(NC(=O)NC[C@H](c2cnn(C)c2)N(C)C)cc1C. The standard InChI is InChI=1S/C17H25N5O2/c1-12-8-14(6-7-16(12)24-5)20-17(23)18-10-15(21(2)3)13-9-19-22(4)11-13/h6-9,11,15H,10H2,1-5H3,(H2,18,20,23)/t15-/m1/s1. The normalized spacial score (nSPS) is 12.1. The maximum atomic E-state index is 12.1. The van der Waals surface area contributed by atoms with Crippen molar-refractivity contribution < 1.29 is 9.53 Å². The first-order chi connectivity index (χ1) is 11.4. The van der Waals surface area contributed by atoms with Gasteiger partial charge in [0.2, 0.25) is 0 Å². The van der Waals surface area contributed by atoms with Gasteiger partial charge in [0.15, 0.2) is 0 Å². The predicted octanol–water partition coefficient (Wildman–Crippen LogP) is 2.16. The van der Waals surface area contributed by atoms with Crippen molar-refractivity contribution in [2.75, 3.05) is 33.1 Å². The highest BCUT2D eigenvalue weighted by molar-refractivity contribution is 5.89. The number of hydrogen-bond acceptors (Lipinski definition) is 4. The molecule has 130 valence electrons. The quantitative estimate of drug-likeness (QED) is 0.851. The second-order valence-corrected chi connectivity index (χ2v) is 5.95. The van der Waals surface area contributed by atoms with Crippen molar-refractivity contribution in [1.82, 2.24) is 20.0 Å². The molecule has 1 atom stereocenters. The van der Waals surface area contributed by atoms with Crippen LogP contribution in [-0.4, -0.2) is 48.5 Å². The molecule has 2 N–H and O–H groups in total. The molecule has 0 aliphatic heterocycles. The Balaban J connectivity index is 1.95. The van der Waals surface area contributed by atoms with E-state index in [1.165, 1.54) is 0 Å². The number of benzene rings is 1. The number of aromatic nitrogens is 2. The molecule has 0 radical (unpaired) electrons. The highest BCUT2D eigenvalue weighted by Crippen LogP contribution is 2.21. The molecule has 1 aromatic heterocycles. The van der Waals surface area contributed by atoms with Crippen LogP contribution in [-0.2, 0) is 7.05 Å². The van der Waals surface area contributed by atoms with Crippen molar-refractivity contribution in [3.8, 4) is 5.75 Å². The van der Waals surface area contributed by atoms with E-state index in [9.17, 15) is 4.79 Å². The lowest BCUT2D eigenvalue weighted by atomic mass is 10.1. The Bertz CT molecular complexity index is 696. The lowest BCUT2D eigenvalue weighted by molar-refractivity contribution is 0.243. The summed E-state index contributed by atoms with van der Waals surface area (Å²) >= 11 is 0. The van der Waals surface area contributed by atoms with Gasteiger partial charge in [-0.05, 0) is 44.8 Å². The molecule has 1 heterocycles. The van der Waals surface area contributed by atoms with Gasteiger partial charge in [0.05, 0.1) is 19.3 Å². The third kappa shape index (κ3) is 4.48. The number of hydrogen-bond donors (Lipinski definition) is 2. The molecular formula is C17H25N5O2. The van der Waals surface area contributed by atoms with Crippen molar-refractivity contribution in [2.24, 2.45) is 7.05 Å². The minimum absolute atomic E-state index is 0.0575.